The number of anilines is 1. The summed E-state index contributed by atoms with van der Waals surface area (Å²) in [7, 11) is 0. The van der Waals surface area contributed by atoms with Crippen molar-refractivity contribution in [2.45, 2.75) is 71.3 Å². The molecule has 1 aliphatic carbocycles. The summed E-state index contributed by atoms with van der Waals surface area (Å²) in [6.07, 6.45) is 8.11. The summed E-state index contributed by atoms with van der Waals surface area (Å²) in [5.74, 6) is 2.79. The van der Waals surface area contributed by atoms with Crippen molar-refractivity contribution in [2.75, 3.05) is 24.5 Å². The van der Waals surface area contributed by atoms with E-state index < -0.39 is 0 Å². The molecule has 2 aromatic rings. The number of nitrogens with zero attached hydrogens (tertiary/aromatic N) is 6. The molecule has 0 bridgehead atoms. The van der Waals surface area contributed by atoms with Crippen LogP contribution in [0.25, 0.3) is 0 Å². The van der Waals surface area contributed by atoms with Crippen LogP contribution in [0.2, 0.25) is 0 Å². The minimum absolute atomic E-state index is 0.0484. The fourth-order valence-electron chi connectivity index (χ4n) is 4.80. The van der Waals surface area contributed by atoms with E-state index in [1.54, 1.807) is 0 Å². The quantitative estimate of drug-likeness (QED) is 0.749. The Kier molecular flexibility index (Phi) is 5.16. The highest BCUT2D eigenvalue weighted by molar-refractivity contribution is 5.79. The van der Waals surface area contributed by atoms with E-state index in [0.29, 0.717) is 11.4 Å². The summed E-state index contributed by atoms with van der Waals surface area (Å²) in [6, 6.07) is -0.0693. The molecule has 5 rings (SSSR count). The molecule has 0 radical (unpaired) electrons. The summed E-state index contributed by atoms with van der Waals surface area (Å²) in [4.78, 5) is 27.6. The minimum Gasteiger partial charge on any atom is -0.356 e. The van der Waals surface area contributed by atoms with Crippen molar-refractivity contribution in [3.8, 4) is 0 Å². The lowest BCUT2D eigenvalue weighted by atomic mass is 9.99. The Hall–Kier alpha value is -2.51. The second-order valence-electron chi connectivity index (χ2n) is 9.03. The average molecular weight is 411 g/mol. The fourth-order valence-corrected chi connectivity index (χ4v) is 4.80. The number of fused-ring (bicyclic) bond motifs is 1. The zero-order chi connectivity index (χ0) is 20.7. The van der Waals surface area contributed by atoms with Crippen LogP contribution in [-0.2, 0) is 17.6 Å². The SMILES string of the molecule is Cc1nonc1CC(=O)N1CCCC[C@@H]1c1nc(C)c2c(n1)N(CC1CC1)CCC2. The number of rotatable bonds is 5. The smallest absolute Gasteiger partial charge is 0.229 e. The van der Waals surface area contributed by atoms with Crippen molar-refractivity contribution < 1.29 is 9.42 Å². The molecular formula is C22H30N6O2. The fraction of sp³-hybridized carbons (Fsp3) is 0.682. The van der Waals surface area contributed by atoms with E-state index in [0.717, 1.165) is 68.6 Å². The van der Waals surface area contributed by atoms with Crippen LogP contribution in [0.4, 0.5) is 5.82 Å². The second kappa shape index (κ2) is 7.96. The van der Waals surface area contributed by atoms with E-state index >= 15 is 0 Å². The second-order valence-corrected chi connectivity index (χ2v) is 9.03. The maximum Gasteiger partial charge on any atom is 0.229 e. The first-order valence-electron chi connectivity index (χ1n) is 11.3. The van der Waals surface area contributed by atoms with E-state index in [1.807, 2.05) is 11.8 Å². The first-order chi connectivity index (χ1) is 14.6. The van der Waals surface area contributed by atoms with E-state index in [1.165, 1.54) is 24.8 Å². The number of carbonyl (C=O) groups excluding carboxylic acids is 1. The molecule has 8 nitrogen and oxygen atoms in total. The summed E-state index contributed by atoms with van der Waals surface area (Å²) < 4.78 is 4.77. The van der Waals surface area contributed by atoms with Crippen LogP contribution >= 0.6 is 0 Å². The lowest BCUT2D eigenvalue weighted by Gasteiger charge is -2.36. The van der Waals surface area contributed by atoms with E-state index in [-0.39, 0.29) is 18.4 Å². The van der Waals surface area contributed by atoms with Crippen molar-refractivity contribution >= 4 is 11.7 Å². The summed E-state index contributed by atoms with van der Waals surface area (Å²) in [6.45, 7) is 6.83. The van der Waals surface area contributed by atoms with Gasteiger partial charge in [0.05, 0.1) is 12.5 Å². The molecule has 1 saturated heterocycles. The van der Waals surface area contributed by atoms with Crippen LogP contribution in [0, 0.1) is 19.8 Å². The van der Waals surface area contributed by atoms with Gasteiger partial charge in [-0.3, -0.25) is 4.79 Å². The molecule has 4 heterocycles. The predicted octanol–water partition coefficient (Wildman–Crippen LogP) is 2.94. The highest BCUT2D eigenvalue weighted by Gasteiger charge is 2.34. The van der Waals surface area contributed by atoms with Crippen LogP contribution in [0.3, 0.4) is 0 Å². The van der Waals surface area contributed by atoms with Gasteiger partial charge in [-0.2, -0.15) is 0 Å². The molecule has 2 aliphatic heterocycles. The Morgan fingerprint density at radius 2 is 1.90 bits per heavy atom. The third-order valence-corrected chi connectivity index (χ3v) is 6.73. The summed E-state index contributed by atoms with van der Waals surface area (Å²) in [5.41, 5.74) is 3.66. The van der Waals surface area contributed by atoms with Crippen LogP contribution in [-0.4, -0.2) is 50.7 Å². The lowest BCUT2D eigenvalue weighted by Crippen LogP contribution is -2.41. The molecule has 30 heavy (non-hydrogen) atoms. The average Bonchev–Trinajstić information content (AvgIpc) is 3.49. The monoisotopic (exact) mass is 410 g/mol. The first kappa shape index (κ1) is 19.5. The van der Waals surface area contributed by atoms with Crippen molar-refractivity contribution in [3.63, 3.8) is 0 Å². The summed E-state index contributed by atoms with van der Waals surface area (Å²) >= 11 is 0. The Bertz CT molecular complexity index is 938. The van der Waals surface area contributed by atoms with Crippen LogP contribution in [0.5, 0.6) is 0 Å². The molecule has 1 saturated carbocycles. The van der Waals surface area contributed by atoms with Crippen molar-refractivity contribution in [2.24, 2.45) is 5.92 Å². The maximum atomic E-state index is 13.1. The highest BCUT2D eigenvalue weighted by atomic mass is 16.6. The van der Waals surface area contributed by atoms with Gasteiger partial charge in [-0.1, -0.05) is 10.3 Å². The molecule has 3 aliphatic rings. The number of aromatic nitrogens is 4. The van der Waals surface area contributed by atoms with Crippen molar-refractivity contribution in [1.29, 1.82) is 0 Å². The Labute approximate surface area is 177 Å². The first-order valence-corrected chi connectivity index (χ1v) is 11.3. The van der Waals surface area contributed by atoms with Gasteiger partial charge in [-0.15, -0.1) is 0 Å². The molecule has 160 valence electrons. The molecule has 2 fully saturated rings. The third-order valence-electron chi connectivity index (χ3n) is 6.73. The molecule has 8 heteroatoms. The van der Waals surface area contributed by atoms with Gasteiger partial charge in [0.2, 0.25) is 5.91 Å². The normalized spacial score (nSPS) is 21.6. The third kappa shape index (κ3) is 3.79. The van der Waals surface area contributed by atoms with Gasteiger partial charge in [-0.25, -0.2) is 14.6 Å². The Balaban J connectivity index is 1.43. The number of hydrogen-bond acceptors (Lipinski definition) is 7. The van der Waals surface area contributed by atoms with Gasteiger partial charge in [0.25, 0.3) is 0 Å². The number of hydrogen-bond donors (Lipinski definition) is 0. The summed E-state index contributed by atoms with van der Waals surface area (Å²) in [5, 5.41) is 7.69. The van der Waals surface area contributed by atoms with Gasteiger partial charge in [-0.05, 0) is 64.7 Å². The van der Waals surface area contributed by atoms with Crippen LogP contribution in [0.15, 0.2) is 4.63 Å². The standard InChI is InChI=1S/C22H30N6O2/c1-14-17-6-5-10-27(13-16-8-9-16)22(17)24-21(23-14)19-7-3-4-11-28(19)20(29)12-18-15(2)25-30-26-18/h16,19H,3-13H2,1-2H3/t19-/m1/s1. The van der Waals surface area contributed by atoms with E-state index in [4.69, 9.17) is 14.6 Å². The van der Waals surface area contributed by atoms with Gasteiger partial charge in [0, 0.05) is 30.9 Å². The highest BCUT2D eigenvalue weighted by Crippen LogP contribution is 2.36. The Morgan fingerprint density at radius 1 is 1.03 bits per heavy atom. The molecule has 1 atom stereocenters. The predicted molar refractivity (Wildman–Crippen MR) is 111 cm³/mol. The van der Waals surface area contributed by atoms with Crippen LogP contribution in [0.1, 0.15) is 73.0 Å². The van der Waals surface area contributed by atoms with Gasteiger partial charge in [0.15, 0.2) is 5.82 Å². The van der Waals surface area contributed by atoms with Crippen molar-refractivity contribution in [3.05, 3.63) is 28.5 Å². The van der Waals surface area contributed by atoms with Gasteiger partial charge >= 0.3 is 0 Å². The lowest BCUT2D eigenvalue weighted by molar-refractivity contribution is -0.134. The van der Waals surface area contributed by atoms with E-state index in [2.05, 4.69) is 22.1 Å². The molecule has 0 N–H and O–H groups in total. The Morgan fingerprint density at radius 3 is 2.67 bits per heavy atom. The molecule has 0 aromatic carbocycles. The molecule has 2 aromatic heterocycles. The van der Waals surface area contributed by atoms with Gasteiger partial charge < -0.3 is 9.80 Å². The van der Waals surface area contributed by atoms with Crippen molar-refractivity contribution in [1.82, 2.24) is 25.2 Å². The number of piperidine rings is 1. The largest absolute Gasteiger partial charge is 0.356 e. The van der Waals surface area contributed by atoms with Crippen LogP contribution < -0.4 is 4.90 Å². The zero-order valence-electron chi connectivity index (χ0n) is 17.9. The number of carbonyl (C=O) groups is 1. The molecular weight excluding hydrogens is 380 g/mol. The minimum atomic E-state index is -0.0693. The zero-order valence-corrected chi connectivity index (χ0v) is 17.9. The maximum absolute atomic E-state index is 13.1. The molecule has 0 unspecified atom stereocenters. The number of likely N-dealkylation sites (tertiary alicyclic amines) is 1. The molecule has 0 spiro atoms. The van der Waals surface area contributed by atoms with Gasteiger partial charge in [0.1, 0.15) is 17.2 Å². The molecule has 1 amide bonds. The number of aryl methyl sites for hydroxylation is 2. The topological polar surface area (TPSA) is 88.2 Å². The van der Waals surface area contributed by atoms with E-state index in [9.17, 15) is 4.79 Å². The number of amides is 1.